The molecule has 0 fully saturated rings. The molecule has 0 aromatic heterocycles. The fourth-order valence-corrected chi connectivity index (χ4v) is 2.76. The highest BCUT2D eigenvalue weighted by molar-refractivity contribution is 6.54. The van der Waals surface area contributed by atoms with Crippen LogP contribution in [0.3, 0.4) is 0 Å². The zero-order valence-corrected chi connectivity index (χ0v) is 12.9. The van der Waals surface area contributed by atoms with E-state index in [-0.39, 0.29) is 23.0 Å². The molecule has 5 nitrogen and oxygen atoms in total. The molecule has 0 spiro atoms. The van der Waals surface area contributed by atoms with E-state index < -0.39 is 0 Å². The number of carbonyl (C=O) groups is 2. The summed E-state index contributed by atoms with van der Waals surface area (Å²) < 4.78 is 6.06. The number of ether oxygens (including phenoxy) is 1. The van der Waals surface area contributed by atoms with Gasteiger partial charge in [0.25, 0.3) is 0 Å². The summed E-state index contributed by atoms with van der Waals surface area (Å²) in [6.45, 7) is 5.40. The third kappa shape index (κ3) is 2.43. The van der Waals surface area contributed by atoms with Crippen LogP contribution in [0.2, 0.25) is 0 Å². The lowest BCUT2D eigenvalue weighted by molar-refractivity contribution is -0.118. The van der Waals surface area contributed by atoms with Gasteiger partial charge in [-0.3, -0.25) is 9.59 Å². The zero-order valence-electron chi connectivity index (χ0n) is 12.9. The molecule has 2 aliphatic rings. The molecule has 3 rings (SSSR count). The van der Waals surface area contributed by atoms with Crippen LogP contribution in [0.25, 0.3) is 5.76 Å². The van der Waals surface area contributed by atoms with Crippen LogP contribution in [0.5, 0.6) is 0 Å². The maximum atomic E-state index is 12.7. The average molecular weight is 298 g/mol. The van der Waals surface area contributed by atoms with Crippen molar-refractivity contribution in [1.29, 1.82) is 0 Å². The van der Waals surface area contributed by atoms with Gasteiger partial charge < -0.3 is 4.74 Å². The number of ketones is 1. The van der Waals surface area contributed by atoms with Crippen LogP contribution in [-0.4, -0.2) is 23.0 Å². The number of Topliss-reactive ketones (excluding diaryl/α,β-unsaturated/α-hetero) is 1. The van der Waals surface area contributed by atoms with Gasteiger partial charge in [-0.25, -0.2) is 5.43 Å². The van der Waals surface area contributed by atoms with Crippen molar-refractivity contribution in [1.82, 2.24) is 5.43 Å². The Balaban J connectivity index is 2.15. The monoisotopic (exact) mass is 298 g/mol. The minimum Gasteiger partial charge on any atom is -0.487 e. The fraction of sp³-hybridized carbons (Fsp3) is 0.353. The highest BCUT2D eigenvalue weighted by Gasteiger charge is 2.38. The molecule has 0 saturated heterocycles. The quantitative estimate of drug-likeness (QED) is 0.810. The molecule has 1 aromatic rings. The molecular weight excluding hydrogens is 280 g/mol. The van der Waals surface area contributed by atoms with E-state index in [9.17, 15) is 9.59 Å². The Morgan fingerprint density at radius 1 is 1.27 bits per heavy atom. The number of hydrogen-bond donors (Lipinski definition) is 1. The first-order chi connectivity index (χ1) is 10.4. The molecule has 1 amide bonds. The lowest BCUT2D eigenvalue weighted by Gasteiger charge is -2.36. The summed E-state index contributed by atoms with van der Waals surface area (Å²) in [5, 5.41) is 4.01. The van der Waals surface area contributed by atoms with Gasteiger partial charge in [0.15, 0.2) is 0 Å². The van der Waals surface area contributed by atoms with Gasteiger partial charge in [0.2, 0.25) is 11.7 Å². The Morgan fingerprint density at radius 2 is 1.95 bits per heavy atom. The molecule has 1 N–H and O–H groups in total. The van der Waals surface area contributed by atoms with Gasteiger partial charge in [-0.1, -0.05) is 24.3 Å². The van der Waals surface area contributed by atoms with E-state index in [1.165, 1.54) is 6.92 Å². The van der Waals surface area contributed by atoms with Gasteiger partial charge in [-0.15, -0.1) is 0 Å². The maximum Gasteiger partial charge on any atom is 0.236 e. The van der Waals surface area contributed by atoms with E-state index >= 15 is 0 Å². The Bertz CT molecular complexity index is 729. The van der Waals surface area contributed by atoms with Crippen LogP contribution in [0.15, 0.2) is 34.9 Å². The number of hydrogen-bond acceptors (Lipinski definition) is 4. The van der Waals surface area contributed by atoms with Crippen molar-refractivity contribution in [3.8, 4) is 0 Å². The number of allylic oxidation sites excluding steroid dienone is 1. The lowest BCUT2D eigenvalue weighted by atomic mass is 9.82. The minimum atomic E-state index is -0.307. The molecule has 1 aromatic carbocycles. The molecule has 5 heteroatoms. The van der Waals surface area contributed by atoms with E-state index in [0.717, 1.165) is 12.0 Å². The van der Waals surface area contributed by atoms with E-state index in [1.807, 2.05) is 38.1 Å². The van der Waals surface area contributed by atoms with Gasteiger partial charge >= 0.3 is 0 Å². The largest absolute Gasteiger partial charge is 0.487 e. The van der Waals surface area contributed by atoms with E-state index in [0.29, 0.717) is 23.3 Å². The van der Waals surface area contributed by atoms with Crippen LogP contribution in [0.4, 0.5) is 0 Å². The predicted octanol–water partition coefficient (Wildman–Crippen LogP) is 2.41. The number of hydrazone groups is 1. The summed E-state index contributed by atoms with van der Waals surface area (Å²) >= 11 is 0. The lowest BCUT2D eigenvalue weighted by Crippen LogP contribution is -2.35. The smallest absolute Gasteiger partial charge is 0.236 e. The number of carbonyl (C=O) groups excluding carboxylic acids is 2. The molecule has 114 valence electrons. The fourth-order valence-electron chi connectivity index (χ4n) is 2.76. The molecule has 0 radical (unpaired) electrons. The summed E-state index contributed by atoms with van der Waals surface area (Å²) in [5.41, 5.74) is 4.53. The molecule has 1 heterocycles. The summed E-state index contributed by atoms with van der Waals surface area (Å²) in [7, 11) is 0. The van der Waals surface area contributed by atoms with Crippen LogP contribution in [0, 0.1) is 0 Å². The molecular formula is C17H18N2O3. The highest BCUT2D eigenvalue weighted by atomic mass is 16.5. The number of nitrogens with zero attached hydrogens (tertiary/aromatic N) is 1. The van der Waals surface area contributed by atoms with Gasteiger partial charge in [-0.05, 0) is 26.7 Å². The second-order valence-corrected chi connectivity index (χ2v) is 6.17. The molecule has 1 aliphatic carbocycles. The van der Waals surface area contributed by atoms with Crippen molar-refractivity contribution in [2.45, 2.75) is 39.2 Å². The molecule has 0 unspecified atom stereocenters. The molecule has 22 heavy (non-hydrogen) atoms. The van der Waals surface area contributed by atoms with E-state index in [2.05, 4.69) is 10.5 Å². The summed E-state index contributed by atoms with van der Waals surface area (Å²) in [4.78, 5) is 23.8. The first kappa shape index (κ1) is 14.5. The average Bonchev–Trinajstić information content (AvgIpc) is 2.46. The normalized spacial score (nSPS) is 21.0. The number of amides is 1. The van der Waals surface area contributed by atoms with Crippen molar-refractivity contribution >= 4 is 23.2 Å². The first-order valence-electron chi connectivity index (χ1n) is 7.30. The van der Waals surface area contributed by atoms with Gasteiger partial charge in [0.05, 0.1) is 0 Å². The highest BCUT2D eigenvalue weighted by Crippen LogP contribution is 2.41. The number of nitrogens with one attached hydrogen (secondary N) is 1. The van der Waals surface area contributed by atoms with Crippen molar-refractivity contribution in [3.05, 3.63) is 41.0 Å². The Morgan fingerprint density at radius 3 is 2.64 bits per heavy atom. The standard InChI is InChI=1S/C17H18N2O3/c1-10(20)18-19-14-11-6-4-5-7-12(11)16-13(15(14)21)8-9-17(2,3)22-16/h4-7H,8-9H2,1-3H3,(H,18,20)/b19-14-. The second kappa shape index (κ2) is 5.09. The van der Waals surface area contributed by atoms with Crippen molar-refractivity contribution < 1.29 is 14.3 Å². The third-order valence-electron chi connectivity index (χ3n) is 3.87. The van der Waals surface area contributed by atoms with Crippen LogP contribution < -0.4 is 5.43 Å². The SMILES string of the molecule is CC(=O)N/N=C1\C(=O)C2=C(OC(C)(C)CC2)c2ccccc21. The molecule has 0 saturated carbocycles. The zero-order chi connectivity index (χ0) is 15.9. The van der Waals surface area contributed by atoms with E-state index in [4.69, 9.17) is 4.74 Å². The molecule has 1 aliphatic heterocycles. The second-order valence-electron chi connectivity index (χ2n) is 6.17. The summed E-state index contributed by atoms with van der Waals surface area (Å²) in [6, 6.07) is 7.49. The molecule has 0 bridgehead atoms. The number of benzene rings is 1. The Labute approximate surface area is 129 Å². The van der Waals surface area contributed by atoms with Crippen molar-refractivity contribution in [3.63, 3.8) is 0 Å². The van der Waals surface area contributed by atoms with Crippen LogP contribution in [0.1, 0.15) is 44.7 Å². The van der Waals surface area contributed by atoms with E-state index in [1.54, 1.807) is 0 Å². The van der Waals surface area contributed by atoms with Gasteiger partial charge in [0, 0.05) is 23.6 Å². The van der Waals surface area contributed by atoms with Crippen molar-refractivity contribution in [2.24, 2.45) is 5.10 Å². The van der Waals surface area contributed by atoms with Crippen molar-refractivity contribution in [2.75, 3.05) is 0 Å². The van der Waals surface area contributed by atoms with Crippen LogP contribution in [-0.2, 0) is 14.3 Å². The number of rotatable bonds is 1. The topological polar surface area (TPSA) is 67.8 Å². The minimum absolute atomic E-state index is 0.169. The van der Waals surface area contributed by atoms with Gasteiger partial charge in [0.1, 0.15) is 17.1 Å². The van der Waals surface area contributed by atoms with Gasteiger partial charge in [-0.2, -0.15) is 5.10 Å². The predicted molar refractivity (Wildman–Crippen MR) is 83.1 cm³/mol. The number of fused-ring (bicyclic) bond motifs is 2. The summed E-state index contributed by atoms with van der Waals surface area (Å²) in [5.74, 6) is 0.176. The Kier molecular flexibility index (Phi) is 3.35. The molecule has 0 atom stereocenters. The maximum absolute atomic E-state index is 12.7. The van der Waals surface area contributed by atoms with Crippen LogP contribution >= 0.6 is 0 Å². The summed E-state index contributed by atoms with van der Waals surface area (Å²) in [6.07, 6.45) is 1.42. The third-order valence-corrected chi connectivity index (χ3v) is 3.87. The first-order valence-corrected chi connectivity index (χ1v) is 7.30. The Hall–Kier alpha value is -2.43.